The second-order valence-electron chi connectivity index (χ2n) is 8.75. The van der Waals surface area contributed by atoms with E-state index in [1.165, 1.54) is 12.8 Å². The fourth-order valence-electron chi connectivity index (χ4n) is 4.96. The number of methoxy groups -OCH3 is 2. The van der Waals surface area contributed by atoms with E-state index in [9.17, 15) is 4.79 Å². The number of ether oxygens (including phenoxy) is 2. The second kappa shape index (κ2) is 11.1. The molecule has 1 amide bonds. The van der Waals surface area contributed by atoms with Crippen molar-refractivity contribution >= 4 is 23.2 Å². The topological polar surface area (TPSA) is 54.4 Å². The van der Waals surface area contributed by atoms with Crippen LogP contribution in [0.5, 0.6) is 11.5 Å². The Bertz CT molecular complexity index is 1060. The van der Waals surface area contributed by atoms with Crippen LogP contribution < -0.4 is 9.47 Å². The summed E-state index contributed by atoms with van der Waals surface area (Å²) in [6, 6.07) is 13.3. The highest BCUT2D eigenvalue weighted by atomic mass is 35.5. The van der Waals surface area contributed by atoms with Gasteiger partial charge in [0.1, 0.15) is 11.5 Å². The SMILES string of the molecule is C=CCN(CC(=O)N1N=C(c2ccccc2Cl)CC1c1cc(OC)ccc1OC)C1CCCC1. The van der Waals surface area contributed by atoms with Gasteiger partial charge in [-0.2, -0.15) is 5.10 Å². The Labute approximate surface area is 206 Å². The Morgan fingerprint density at radius 1 is 1.21 bits per heavy atom. The highest BCUT2D eigenvalue weighted by Gasteiger charge is 2.37. The molecule has 2 aromatic rings. The molecule has 0 bridgehead atoms. The van der Waals surface area contributed by atoms with E-state index in [1.807, 2.05) is 48.5 Å². The number of halogens is 1. The molecule has 0 N–H and O–H groups in total. The number of hydrazone groups is 1. The van der Waals surface area contributed by atoms with Crippen LogP contribution in [0, 0.1) is 0 Å². The van der Waals surface area contributed by atoms with Crippen LogP contribution in [0.1, 0.15) is 49.3 Å². The fourth-order valence-corrected chi connectivity index (χ4v) is 5.21. The third-order valence-corrected chi connectivity index (χ3v) is 7.02. The summed E-state index contributed by atoms with van der Waals surface area (Å²) >= 11 is 6.49. The number of carbonyl (C=O) groups excluding carboxylic acids is 1. The largest absolute Gasteiger partial charge is 0.497 e. The van der Waals surface area contributed by atoms with Crippen LogP contribution in [0.2, 0.25) is 5.02 Å². The van der Waals surface area contributed by atoms with Crippen molar-refractivity contribution in [1.29, 1.82) is 0 Å². The van der Waals surface area contributed by atoms with Crippen molar-refractivity contribution in [2.24, 2.45) is 5.10 Å². The fraction of sp³-hybridized carbons (Fsp3) is 0.407. The minimum absolute atomic E-state index is 0.0503. The Balaban J connectivity index is 1.69. The van der Waals surface area contributed by atoms with Gasteiger partial charge in [-0.1, -0.05) is 48.7 Å². The lowest BCUT2D eigenvalue weighted by molar-refractivity contribution is -0.134. The molecule has 4 rings (SSSR count). The van der Waals surface area contributed by atoms with E-state index >= 15 is 0 Å². The third-order valence-electron chi connectivity index (χ3n) is 6.69. The van der Waals surface area contributed by atoms with Crippen LogP contribution in [-0.4, -0.2) is 54.9 Å². The Morgan fingerprint density at radius 3 is 2.65 bits per heavy atom. The van der Waals surface area contributed by atoms with E-state index in [1.54, 1.807) is 19.2 Å². The molecule has 6 nitrogen and oxygen atoms in total. The summed E-state index contributed by atoms with van der Waals surface area (Å²) in [6.45, 7) is 4.87. The van der Waals surface area contributed by atoms with Crippen molar-refractivity contribution in [2.75, 3.05) is 27.3 Å². The first kappa shape index (κ1) is 24.3. The van der Waals surface area contributed by atoms with Crippen LogP contribution in [0.15, 0.2) is 60.2 Å². The van der Waals surface area contributed by atoms with Gasteiger partial charge in [-0.3, -0.25) is 9.69 Å². The Hall–Kier alpha value is -2.83. The molecular formula is C27H32ClN3O3. The average molecular weight is 482 g/mol. The zero-order chi connectivity index (χ0) is 24.1. The maximum Gasteiger partial charge on any atom is 0.257 e. The molecule has 1 saturated carbocycles. The second-order valence-corrected chi connectivity index (χ2v) is 9.16. The number of benzene rings is 2. The smallest absolute Gasteiger partial charge is 0.257 e. The minimum Gasteiger partial charge on any atom is -0.497 e. The van der Waals surface area contributed by atoms with E-state index in [0.717, 1.165) is 29.7 Å². The lowest BCUT2D eigenvalue weighted by Crippen LogP contribution is -2.42. The predicted octanol–water partition coefficient (Wildman–Crippen LogP) is 5.47. The van der Waals surface area contributed by atoms with E-state index in [2.05, 4.69) is 11.5 Å². The van der Waals surface area contributed by atoms with Gasteiger partial charge in [0.15, 0.2) is 0 Å². The van der Waals surface area contributed by atoms with Gasteiger partial charge in [0.25, 0.3) is 5.91 Å². The molecule has 2 aromatic carbocycles. The summed E-state index contributed by atoms with van der Waals surface area (Å²) in [6.07, 6.45) is 7.04. The lowest BCUT2D eigenvalue weighted by Gasteiger charge is -2.30. The Morgan fingerprint density at radius 2 is 1.97 bits per heavy atom. The van der Waals surface area contributed by atoms with Crippen LogP contribution in [0.4, 0.5) is 0 Å². The van der Waals surface area contributed by atoms with Gasteiger partial charge < -0.3 is 9.47 Å². The van der Waals surface area contributed by atoms with Gasteiger partial charge in [0.05, 0.1) is 32.5 Å². The summed E-state index contributed by atoms with van der Waals surface area (Å²) in [5, 5.41) is 7.04. The number of nitrogens with zero attached hydrogens (tertiary/aromatic N) is 3. The molecular weight excluding hydrogens is 450 g/mol. The van der Waals surface area contributed by atoms with Crippen LogP contribution >= 0.6 is 11.6 Å². The molecule has 2 aliphatic rings. The Kier molecular flexibility index (Phi) is 7.91. The van der Waals surface area contributed by atoms with Gasteiger partial charge in [-0.15, -0.1) is 6.58 Å². The van der Waals surface area contributed by atoms with Crippen molar-refractivity contribution in [3.05, 3.63) is 71.3 Å². The monoisotopic (exact) mass is 481 g/mol. The zero-order valence-electron chi connectivity index (χ0n) is 19.9. The van der Waals surface area contributed by atoms with Crippen molar-refractivity contribution in [2.45, 2.75) is 44.2 Å². The van der Waals surface area contributed by atoms with Gasteiger partial charge in [-0.25, -0.2) is 5.01 Å². The van der Waals surface area contributed by atoms with Gasteiger partial charge >= 0.3 is 0 Å². The first-order chi connectivity index (χ1) is 16.5. The molecule has 1 heterocycles. The molecule has 1 aliphatic heterocycles. The number of hydrogen-bond donors (Lipinski definition) is 0. The molecule has 7 heteroatoms. The molecule has 0 spiro atoms. The quantitative estimate of drug-likeness (QED) is 0.446. The zero-order valence-corrected chi connectivity index (χ0v) is 20.6. The maximum atomic E-state index is 13.7. The van der Waals surface area contributed by atoms with Crippen LogP contribution in [-0.2, 0) is 4.79 Å². The molecule has 34 heavy (non-hydrogen) atoms. The van der Waals surface area contributed by atoms with E-state index < -0.39 is 0 Å². The normalized spacial score (nSPS) is 18.3. The summed E-state index contributed by atoms with van der Waals surface area (Å²) in [4.78, 5) is 16.0. The molecule has 0 aromatic heterocycles. The van der Waals surface area contributed by atoms with Crippen molar-refractivity contribution in [3.63, 3.8) is 0 Å². The summed E-state index contributed by atoms with van der Waals surface area (Å²) < 4.78 is 11.1. The van der Waals surface area contributed by atoms with Crippen molar-refractivity contribution in [1.82, 2.24) is 9.91 Å². The predicted molar refractivity (Wildman–Crippen MR) is 136 cm³/mol. The first-order valence-corrected chi connectivity index (χ1v) is 12.1. The van der Waals surface area contributed by atoms with Gasteiger partial charge in [0, 0.05) is 35.2 Å². The van der Waals surface area contributed by atoms with Crippen LogP contribution in [0.25, 0.3) is 0 Å². The number of rotatable bonds is 9. The van der Waals surface area contributed by atoms with E-state index in [4.69, 9.17) is 26.2 Å². The van der Waals surface area contributed by atoms with E-state index in [-0.39, 0.29) is 11.9 Å². The van der Waals surface area contributed by atoms with Crippen molar-refractivity contribution in [3.8, 4) is 11.5 Å². The lowest BCUT2D eigenvalue weighted by atomic mass is 9.97. The molecule has 180 valence electrons. The molecule has 1 atom stereocenters. The standard InChI is InChI=1S/C27H32ClN3O3/c1-4-15-30(19-9-5-6-10-19)18-27(32)31-25(22-16-20(33-2)13-14-26(22)34-3)17-24(29-31)21-11-7-8-12-23(21)28/h4,7-8,11-14,16,19,25H,1,5-6,9-10,15,17-18H2,2-3H3. The minimum atomic E-state index is -0.321. The molecule has 1 unspecified atom stereocenters. The summed E-state index contributed by atoms with van der Waals surface area (Å²) in [7, 11) is 3.26. The highest BCUT2D eigenvalue weighted by Crippen LogP contribution is 2.40. The highest BCUT2D eigenvalue weighted by molar-refractivity contribution is 6.34. The number of hydrogen-bond acceptors (Lipinski definition) is 5. The van der Waals surface area contributed by atoms with Gasteiger partial charge in [-0.05, 0) is 37.1 Å². The molecule has 1 aliphatic carbocycles. The van der Waals surface area contributed by atoms with Crippen LogP contribution in [0.3, 0.4) is 0 Å². The molecule has 1 fully saturated rings. The van der Waals surface area contributed by atoms with Gasteiger partial charge in [0.2, 0.25) is 0 Å². The molecule has 0 saturated heterocycles. The number of carbonyl (C=O) groups is 1. The maximum absolute atomic E-state index is 13.7. The third kappa shape index (κ3) is 5.13. The molecule has 0 radical (unpaired) electrons. The van der Waals surface area contributed by atoms with Crippen molar-refractivity contribution < 1.29 is 14.3 Å². The summed E-state index contributed by atoms with van der Waals surface area (Å²) in [5.74, 6) is 1.34. The first-order valence-electron chi connectivity index (χ1n) is 11.8. The summed E-state index contributed by atoms with van der Waals surface area (Å²) in [5.41, 5.74) is 2.48. The number of amides is 1. The van der Waals surface area contributed by atoms with E-state index in [0.29, 0.717) is 42.1 Å². The average Bonchev–Trinajstić information content (AvgIpc) is 3.54.